The summed E-state index contributed by atoms with van der Waals surface area (Å²) in [6.45, 7) is 5.00. The van der Waals surface area contributed by atoms with Gasteiger partial charge in [-0.05, 0) is 55.2 Å². The Hall–Kier alpha value is -3.66. The van der Waals surface area contributed by atoms with E-state index in [4.69, 9.17) is 4.74 Å². The van der Waals surface area contributed by atoms with Crippen LogP contribution in [0.3, 0.4) is 0 Å². The monoisotopic (exact) mass is 468 g/mol. The van der Waals surface area contributed by atoms with Gasteiger partial charge in [-0.2, -0.15) is 4.98 Å². The van der Waals surface area contributed by atoms with E-state index < -0.39 is 11.6 Å². The van der Waals surface area contributed by atoms with Crippen LogP contribution in [0.15, 0.2) is 42.7 Å². The Bertz CT molecular complexity index is 1170. The van der Waals surface area contributed by atoms with Crippen LogP contribution in [0.5, 0.6) is 0 Å². The van der Waals surface area contributed by atoms with E-state index in [0.717, 1.165) is 41.9 Å². The highest BCUT2D eigenvalue weighted by Crippen LogP contribution is 2.26. The molecule has 0 atom stereocenters. The van der Waals surface area contributed by atoms with Gasteiger partial charge in [0.2, 0.25) is 17.8 Å². The number of hydrogen-bond acceptors (Lipinski definition) is 7. The molecule has 0 saturated carbocycles. The third kappa shape index (κ3) is 5.82. The largest absolute Gasteiger partial charge is 0.373 e. The van der Waals surface area contributed by atoms with Crippen molar-refractivity contribution in [2.24, 2.45) is 0 Å². The molecule has 1 fully saturated rings. The molecular formula is C24H26F2N6O2. The summed E-state index contributed by atoms with van der Waals surface area (Å²) in [7, 11) is 0. The maximum absolute atomic E-state index is 13.4. The van der Waals surface area contributed by atoms with E-state index in [1.54, 1.807) is 0 Å². The number of piperidine rings is 1. The van der Waals surface area contributed by atoms with Crippen LogP contribution in [0.2, 0.25) is 0 Å². The maximum Gasteiger partial charge on any atom is 0.232 e. The molecule has 34 heavy (non-hydrogen) atoms. The first-order valence-electron chi connectivity index (χ1n) is 11.0. The summed E-state index contributed by atoms with van der Waals surface area (Å²) in [6, 6.07) is 9.37. The lowest BCUT2D eigenvalue weighted by Crippen LogP contribution is -2.38. The van der Waals surface area contributed by atoms with Gasteiger partial charge in [-0.3, -0.25) is 4.79 Å². The Labute approximate surface area is 196 Å². The Morgan fingerprint density at radius 2 is 1.88 bits per heavy atom. The second kappa shape index (κ2) is 10.5. The van der Waals surface area contributed by atoms with Gasteiger partial charge in [0.1, 0.15) is 6.33 Å². The Balaban J connectivity index is 1.34. The van der Waals surface area contributed by atoms with Crippen LogP contribution in [-0.2, 0) is 16.1 Å². The van der Waals surface area contributed by atoms with Crippen molar-refractivity contribution in [3.8, 4) is 0 Å². The maximum atomic E-state index is 13.4. The first kappa shape index (κ1) is 23.5. The van der Waals surface area contributed by atoms with Gasteiger partial charge in [-0.25, -0.2) is 18.7 Å². The fourth-order valence-corrected chi connectivity index (χ4v) is 3.78. The summed E-state index contributed by atoms with van der Waals surface area (Å²) in [4.78, 5) is 26.5. The SMILES string of the molecule is CC(=O)Nc1cccc(Nc2ncnc(N3CCC(OCc4ccc(F)c(F)c4)CC3)n2)c1C. The molecule has 0 spiro atoms. The standard InChI is InChI=1S/C24H26F2N6O2/c1-15-21(29-16(2)33)4-3-5-22(15)30-23-27-14-28-24(31-23)32-10-8-18(9-11-32)34-13-17-6-7-19(25)20(26)12-17/h3-7,12,14,18H,8-11,13H2,1-2H3,(H,29,33)(H,27,28,30,31). The quantitative estimate of drug-likeness (QED) is 0.533. The first-order chi connectivity index (χ1) is 16.4. The van der Waals surface area contributed by atoms with Crippen LogP contribution < -0.4 is 15.5 Å². The minimum absolute atomic E-state index is 0.0166. The van der Waals surface area contributed by atoms with Crippen molar-refractivity contribution < 1.29 is 18.3 Å². The molecule has 2 heterocycles. The zero-order valence-electron chi connectivity index (χ0n) is 19.0. The van der Waals surface area contributed by atoms with Crippen molar-refractivity contribution in [2.45, 2.75) is 39.4 Å². The van der Waals surface area contributed by atoms with Crippen LogP contribution in [0, 0.1) is 18.6 Å². The molecule has 2 N–H and O–H groups in total. The number of carbonyl (C=O) groups is 1. The molecule has 178 valence electrons. The fourth-order valence-electron chi connectivity index (χ4n) is 3.78. The van der Waals surface area contributed by atoms with Crippen molar-refractivity contribution in [3.63, 3.8) is 0 Å². The first-order valence-corrected chi connectivity index (χ1v) is 11.0. The molecule has 1 aromatic heterocycles. The predicted molar refractivity (Wildman–Crippen MR) is 125 cm³/mol. The second-order valence-corrected chi connectivity index (χ2v) is 8.14. The molecule has 4 rings (SSSR count). The predicted octanol–water partition coefficient (Wildman–Crippen LogP) is 4.35. The third-order valence-electron chi connectivity index (χ3n) is 5.64. The minimum Gasteiger partial charge on any atom is -0.373 e. The lowest BCUT2D eigenvalue weighted by molar-refractivity contribution is -0.114. The highest BCUT2D eigenvalue weighted by Gasteiger charge is 2.22. The van der Waals surface area contributed by atoms with Crippen molar-refractivity contribution >= 4 is 29.2 Å². The number of benzene rings is 2. The highest BCUT2D eigenvalue weighted by atomic mass is 19.2. The number of nitrogens with one attached hydrogen (secondary N) is 2. The number of halogens is 2. The molecule has 10 heteroatoms. The molecular weight excluding hydrogens is 442 g/mol. The Kier molecular flexibility index (Phi) is 7.27. The van der Waals surface area contributed by atoms with E-state index in [1.807, 2.05) is 25.1 Å². The van der Waals surface area contributed by atoms with Gasteiger partial charge >= 0.3 is 0 Å². The average molecular weight is 469 g/mol. The third-order valence-corrected chi connectivity index (χ3v) is 5.64. The van der Waals surface area contributed by atoms with E-state index in [0.29, 0.717) is 30.5 Å². The molecule has 0 unspecified atom stereocenters. The number of anilines is 4. The molecule has 0 aliphatic carbocycles. The van der Waals surface area contributed by atoms with Gasteiger partial charge in [0.15, 0.2) is 11.6 Å². The van der Waals surface area contributed by atoms with E-state index >= 15 is 0 Å². The summed E-state index contributed by atoms with van der Waals surface area (Å²) in [5.41, 5.74) is 2.98. The van der Waals surface area contributed by atoms with Crippen LogP contribution in [0.1, 0.15) is 30.9 Å². The molecule has 2 aromatic carbocycles. The molecule has 3 aromatic rings. The number of carbonyl (C=O) groups excluding carboxylic acids is 1. The smallest absolute Gasteiger partial charge is 0.232 e. The highest BCUT2D eigenvalue weighted by molar-refractivity contribution is 5.90. The van der Waals surface area contributed by atoms with E-state index in [2.05, 4.69) is 30.5 Å². The van der Waals surface area contributed by atoms with Gasteiger partial charge in [0.05, 0.1) is 12.7 Å². The van der Waals surface area contributed by atoms with E-state index in [9.17, 15) is 13.6 Å². The van der Waals surface area contributed by atoms with Crippen LogP contribution in [-0.4, -0.2) is 40.1 Å². The van der Waals surface area contributed by atoms with Gasteiger partial charge in [0.25, 0.3) is 0 Å². The molecule has 0 radical (unpaired) electrons. The van der Waals surface area contributed by atoms with E-state index in [-0.39, 0.29) is 18.6 Å². The van der Waals surface area contributed by atoms with Gasteiger partial charge in [-0.15, -0.1) is 0 Å². The number of ether oxygens (including phenoxy) is 1. The zero-order chi connectivity index (χ0) is 24.1. The van der Waals surface area contributed by atoms with Gasteiger partial charge in [-0.1, -0.05) is 12.1 Å². The Morgan fingerprint density at radius 1 is 1.12 bits per heavy atom. The summed E-state index contributed by atoms with van der Waals surface area (Å²) < 4.78 is 32.3. The van der Waals surface area contributed by atoms with Crippen molar-refractivity contribution in [1.82, 2.24) is 15.0 Å². The van der Waals surface area contributed by atoms with Crippen LogP contribution in [0.4, 0.5) is 32.1 Å². The number of rotatable bonds is 7. The second-order valence-electron chi connectivity index (χ2n) is 8.14. The Morgan fingerprint density at radius 3 is 2.62 bits per heavy atom. The lowest BCUT2D eigenvalue weighted by atomic mass is 10.1. The molecule has 1 aliphatic rings. The molecule has 1 aliphatic heterocycles. The lowest BCUT2D eigenvalue weighted by Gasteiger charge is -2.32. The molecule has 0 bridgehead atoms. The fraction of sp³-hybridized carbons (Fsp3) is 0.333. The number of nitrogens with zero attached hydrogens (tertiary/aromatic N) is 4. The normalized spacial score (nSPS) is 14.2. The molecule has 1 saturated heterocycles. The van der Waals surface area contributed by atoms with Crippen LogP contribution in [0.25, 0.3) is 0 Å². The zero-order valence-corrected chi connectivity index (χ0v) is 19.0. The number of amides is 1. The summed E-state index contributed by atoms with van der Waals surface area (Å²) in [5, 5.41) is 6.00. The van der Waals surface area contributed by atoms with E-state index in [1.165, 1.54) is 19.3 Å². The van der Waals surface area contributed by atoms with Crippen molar-refractivity contribution in [3.05, 3.63) is 65.5 Å². The average Bonchev–Trinajstić information content (AvgIpc) is 2.83. The molecule has 1 amide bonds. The topological polar surface area (TPSA) is 92.3 Å². The summed E-state index contributed by atoms with van der Waals surface area (Å²) in [5.74, 6) is -0.900. The number of aromatic nitrogens is 3. The minimum atomic E-state index is -0.868. The van der Waals surface area contributed by atoms with Crippen LogP contribution >= 0.6 is 0 Å². The number of hydrogen-bond donors (Lipinski definition) is 2. The summed E-state index contributed by atoms with van der Waals surface area (Å²) in [6.07, 6.45) is 3.00. The summed E-state index contributed by atoms with van der Waals surface area (Å²) >= 11 is 0. The van der Waals surface area contributed by atoms with Gasteiger partial charge in [0, 0.05) is 31.4 Å². The van der Waals surface area contributed by atoms with Crippen molar-refractivity contribution in [1.29, 1.82) is 0 Å². The van der Waals surface area contributed by atoms with Crippen molar-refractivity contribution in [2.75, 3.05) is 28.6 Å². The van der Waals surface area contributed by atoms with Gasteiger partial charge < -0.3 is 20.3 Å². The molecule has 8 nitrogen and oxygen atoms in total.